The van der Waals surface area contributed by atoms with Gasteiger partial charge in [-0.1, -0.05) is 45.9 Å². The number of carboxylic acids is 1. The molecule has 0 unspecified atom stereocenters. The number of nitrogens with zero attached hydrogens (tertiary/aromatic N) is 3. The summed E-state index contributed by atoms with van der Waals surface area (Å²) in [6, 6.07) is 15.8. The molecule has 1 heterocycles. The third-order valence-electron chi connectivity index (χ3n) is 7.63. The Morgan fingerprint density at radius 2 is 1.67 bits per heavy atom. The first kappa shape index (κ1) is 23.7. The number of benzene rings is 3. The summed E-state index contributed by atoms with van der Waals surface area (Å²) in [5.74, 6) is -0.496. The highest BCUT2D eigenvalue weighted by Gasteiger charge is 2.38. The van der Waals surface area contributed by atoms with Gasteiger partial charge in [0.15, 0.2) is 0 Å². The van der Waals surface area contributed by atoms with Crippen LogP contribution in [0.25, 0.3) is 28.1 Å². The number of aryl methyl sites for hydroxylation is 1. The van der Waals surface area contributed by atoms with Crippen molar-refractivity contribution >= 4 is 22.7 Å². The number of non-ortho nitro benzene ring substituents is 1. The van der Waals surface area contributed by atoms with Gasteiger partial charge in [-0.05, 0) is 71.6 Å². The fraction of sp³-hybridized carbons (Fsp3) is 0.310. The normalized spacial score (nSPS) is 16.0. The van der Waals surface area contributed by atoms with E-state index in [1.807, 2.05) is 4.57 Å². The first-order valence-corrected chi connectivity index (χ1v) is 12.1. The standard InChI is InChI=1S/C29H29N3O4/c1-17-13-21-22(29(4,5)12-11-28(21,2)3)16-25(17)31-24-10-9-19(27(33)34)15-23(24)30-26(31)18-7-6-8-20(14-18)32(35)36/h6-10,13-16H,11-12H2,1-5H3,(H,33,34). The summed E-state index contributed by atoms with van der Waals surface area (Å²) >= 11 is 0. The molecule has 184 valence electrons. The van der Waals surface area contributed by atoms with Crippen LogP contribution >= 0.6 is 0 Å². The van der Waals surface area contributed by atoms with Gasteiger partial charge in [-0.3, -0.25) is 14.7 Å². The second kappa shape index (κ2) is 8.01. The molecule has 7 nitrogen and oxygen atoms in total. The smallest absolute Gasteiger partial charge is 0.335 e. The van der Waals surface area contributed by atoms with Gasteiger partial charge in [0.1, 0.15) is 5.82 Å². The summed E-state index contributed by atoms with van der Waals surface area (Å²) in [5.41, 5.74) is 6.66. The van der Waals surface area contributed by atoms with E-state index < -0.39 is 10.9 Å². The number of hydrogen-bond donors (Lipinski definition) is 1. The number of aromatic nitrogens is 2. The van der Waals surface area contributed by atoms with Crippen LogP contribution in [-0.4, -0.2) is 25.6 Å². The van der Waals surface area contributed by atoms with Crippen LogP contribution in [0.3, 0.4) is 0 Å². The van der Waals surface area contributed by atoms with Gasteiger partial charge in [0.25, 0.3) is 5.69 Å². The first-order valence-electron chi connectivity index (χ1n) is 12.1. The molecule has 0 spiro atoms. The van der Waals surface area contributed by atoms with Crippen molar-refractivity contribution in [3.8, 4) is 17.1 Å². The number of carboxylic acid groups (broad SMARTS) is 1. The Morgan fingerprint density at radius 1 is 1.00 bits per heavy atom. The van der Waals surface area contributed by atoms with E-state index in [4.69, 9.17) is 4.98 Å². The fourth-order valence-corrected chi connectivity index (χ4v) is 5.36. The minimum absolute atomic E-state index is 0.00807. The molecule has 0 radical (unpaired) electrons. The number of rotatable bonds is 4. The Balaban J connectivity index is 1.85. The second-order valence-corrected chi connectivity index (χ2v) is 11.0. The maximum absolute atomic E-state index is 11.6. The van der Waals surface area contributed by atoms with Gasteiger partial charge in [0.2, 0.25) is 0 Å². The summed E-state index contributed by atoms with van der Waals surface area (Å²) in [7, 11) is 0. The number of nitro groups is 1. The molecule has 0 atom stereocenters. The van der Waals surface area contributed by atoms with E-state index in [2.05, 4.69) is 46.8 Å². The molecule has 5 rings (SSSR count). The molecular weight excluding hydrogens is 454 g/mol. The summed E-state index contributed by atoms with van der Waals surface area (Å²) in [6.45, 7) is 11.2. The van der Waals surface area contributed by atoms with Gasteiger partial charge < -0.3 is 5.11 Å². The Hall–Kier alpha value is -4.00. The van der Waals surface area contributed by atoms with Crippen molar-refractivity contribution in [3.63, 3.8) is 0 Å². The Bertz CT molecular complexity index is 1560. The van der Waals surface area contributed by atoms with Crippen LogP contribution < -0.4 is 0 Å². The molecule has 4 aromatic rings. The molecule has 3 aromatic carbocycles. The van der Waals surface area contributed by atoms with E-state index in [1.54, 1.807) is 30.3 Å². The van der Waals surface area contributed by atoms with E-state index >= 15 is 0 Å². The molecule has 0 saturated heterocycles. The van der Waals surface area contributed by atoms with Crippen molar-refractivity contribution in [2.45, 2.75) is 58.3 Å². The molecule has 1 aliphatic carbocycles. The lowest BCUT2D eigenvalue weighted by Crippen LogP contribution is -2.34. The molecule has 0 saturated carbocycles. The SMILES string of the molecule is Cc1cc2c(cc1-n1c(-c3cccc([N+](=O)[O-])c3)nc3cc(C(=O)O)ccc31)C(C)(C)CCC2(C)C. The predicted molar refractivity (Wildman–Crippen MR) is 140 cm³/mol. The maximum atomic E-state index is 11.6. The highest BCUT2D eigenvalue weighted by atomic mass is 16.6. The average molecular weight is 484 g/mol. The van der Waals surface area contributed by atoms with Crippen molar-refractivity contribution in [1.29, 1.82) is 0 Å². The second-order valence-electron chi connectivity index (χ2n) is 11.0. The number of imidazole rings is 1. The van der Waals surface area contributed by atoms with E-state index in [9.17, 15) is 20.0 Å². The van der Waals surface area contributed by atoms with Gasteiger partial charge in [0, 0.05) is 17.7 Å². The van der Waals surface area contributed by atoms with Crippen molar-refractivity contribution in [1.82, 2.24) is 9.55 Å². The van der Waals surface area contributed by atoms with Crippen molar-refractivity contribution in [3.05, 3.63) is 87.0 Å². The van der Waals surface area contributed by atoms with Gasteiger partial charge in [0.05, 0.1) is 27.2 Å². The van der Waals surface area contributed by atoms with E-state index in [1.165, 1.54) is 23.3 Å². The summed E-state index contributed by atoms with van der Waals surface area (Å²) in [6.07, 6.45) is 2.18. The molecule has 0 fully saturated rings. The van der Waals surface area contributed by atoms with Gasteiger partial charge in [-0.15, -0.1) is 0 Å². The lowest BCUT2D eigenvalue weighted by Gasteiger charge is -2.42. The monoisotopic (exact) mass is 483 g/mol. The van der Waals surface area contributed by atoms with E-state index in [0.29, 0.717) is 16.9 Å². The van der Waals surface area contributed by atoms with Crippen LogP contribution in [-0.2, 0) is 10.8 Å². The lowest BCUT2D eigenvalue weighted by atomic mass is 9.63. The quantitative estimate of drug-likeness (QED) is 0.250. The van der Waals surface area contributed by atoms with Crippen LogP contribution in [0.5, 0.6) is 0 Å². The summed E-state index contributed by atoms with van der Waals surface area (Å²) in [5, 5.41) is 21.0. The molecule has 7 heteroatoms. The van der Waals surface area contributed by atoms with Crippen molar-refractivity contribution in [2.24, 2.45) is 0 Å². The molecule has 36 heavy (non-hydrogen) atoms. The largest absolute Gasteiger partial charge is 0.478 e. The minimum Gasteiger partial charge on any atom is -0.478 e. The lowest BCUT2D eigenvalue weighted by molar-refractivity contribution is -0.384. The Kier molecular flexibility index (Phi) is 5.28. The molecule has 0 aliphatic heterocycles. The summed E-state index contributed by atoms with van der Waals surface area (Å²) < 4.78 is 2.01. The molecule has 1 N–H and O–H groups in total. The maximum Gasteiger partial charge on any atom is 0.335 e. The zero-order chi connectivity index (χ0) is 26.0. The van der Waals surface area contributed by atoms with Crippen molar-refractivity contribution < 1.29 is 14.8 Å². The number of fused-ring (bicyclic) bond motifs is 2. The molecule has 0 amide bonds. The van der Waals surface area contributed by atoms with Gasteiger partial charge in [-0.25, -0.2) is 9.78 Å². The summed E-state index contributed by atoms with van der Waals surface area (Å²) in [4.78, 5) is 27.5. The number of nitro benzene ring substituents is 1. The van der Waals surface area contributed by atoms with Crippen LogP contribution in [0.2, 0.25) is 0 Å². The van der Waals surface area contributed by atoms with E-state index in [0.717, 1.165) is 29.6 Å². The zero-order valence-corrected chi connectivity index (χ0v) is 21.1. The number of hydrogen-bond acceptors (Lipinski definition) is 4. The molecule has 1 aliphatic rings. The molecule has 1 aromatic heterocycles. The molecule has 0 bridgehead atoms. The minimum atomic E-state index is -1.03. The van der Waals surface area contributed by atoms with Gasteiger partial charge in [-0.2, -0.15) is 0 Å². The van der Waals surface area contributed by atoms with Crippen molar-refractivity contribution in [2.75, 3.05) is 0 Å². The highest BCUT2D eigenvalue weighted by Crippen LogP contribution is 2.47. The van der Waals surface area contributed by atoms with Crippen LogP contribution in [0.15, 0.2) is 54.6 Å². The predicted octanol–water partition coefficient (Wildman–Crippen LogP) is 6.96. The van der Waals surface area contributed by atoms with Gasteiger partial charge >= 0.3 is 5.97 Å². The topological polar surface area (TPSA) is 98.3 Å². The third-order valence-corrected chi connectivity index (χ3v) is 7.63. The number of carbonyl (C=O) groups is 1. The molecular formula is C29H29N3O4. The first-order chi connectivity index (χ1) is 16.9. The zero-order valence-electron chi connectivity index (χ0n) is 21.1. The van der Waals surface area contributed by atoms with Crippen LogP contribution in [0.1, 0.15) is 67.6 Å². The van der Waals surface area contributed by atoms with Crippen LogP contribution in [0.4, 0.5) is 5.69 Å². The Labute approximate surface area is 209 Å². The van der Waals surface area contributed by atoms with Crippen LogP contribution in [0, 0.1) is 17.0 Å². The van der Waals surface area contributed by atoms with E-state index in [-0.39, 0.29) is 22.1 Å². The highest BCUT2D eigenvalue weighted by molar-refractivity contribution is 5.94. The average Bonchev–Trinajstić information content (AvgIpc) is 3.20. The third kappa shape index (κ3) is 3.75. The fourth-order valence-electron chi connectivity index (χ4n) is 5.36. The Morgan fingerprint density at radius 3 is 2.31 bits per heavy atom. The number of aromatic carboxylic acids is 1.